The van der Waals surface area contributed by atoms with Crippen molar-refractivity contribution < 1.29 is 13.2 Å². The van der Waals surface area contributed by atoms with E-state index in [4.69, 9.17) is 27.9 Å². The lowest BCUT2D eigenvalue weighted by atomic mass is 10.3. The first-order chi connectivity index (χ1) is 9.29. The van der Waals surface area contributed by atoms with Crippen LogP contribution in [-0.4, -0.2) is 47.6 Å². The van der Waals surface area contributed by atoms with Crippen LogP contribution in [0.15, 0.2) is 17.0 Å². The van der Waals surface area contributed by atoms with Gasteiger partial charge in [0, 0.05) is 6.54 Å². The van der Waals surface area contributed by atoms with Crippen molar-refractivity contribution in [1.29, 1.82) is 0 Å². The van der Waals surface area contributed by atoms with Gasteiger partial charge in [-0.15, -0.1) is 0 Å². The van der Waals surface area contributed by atoms with Crippen LogP contribution in [0.5, 0.6) is 5.75 Å². The molecule has 0 saturated heterocycles. The van der Waals surface area contributed by atoms with Crippen molar-refractivity contribution in [2.75, 3.05) is 34.3 Å². The minimum Gasteiger partial charge on any atom is -0.494 e. The van der Waals surface area contributed by atoms with E-state index in [1.807, 2.05) is 19.0 Å². The van der Waals surface area contributed by atoms with Gasteiger partial charge in [-0.3, -0.25) is 0 Å². The summed E-state index contributed by atoms with van der Waals surface area (Å²) in [5, 5.41) is 0.334. The normalized spacial score (nSPS) is 11.9. The van der Waals surface area contributed by atoms with Crippen molar-refractivity contribution in [3.05, 3.63) is 22.2 Å². The minimum atomic E-state index is -3.68. The summed E-state index contributed by atoms with van der Waals surface area (Å²) in [6.07, 6.45) is 0.704. The van der Waals surface area contributed by atoms with E-state index in [2.05, 4.69) is 4.72 Å². The summed E-state index contributed by atoms with van der Waals surface area (Å²) in [6.45, 7) is 1.13. The van der Waals surface area contributed by atoms with Crippen LogP contribution in [0.2, 0.25) is 10.0 Å². The van der Waals surface area contributed by atoms with E-state index in [1.165, 1.54) is 19.2 Å². The second-order valence-electron chi connectivity index (χ2n) is 4.45. The topological polar surface area (TPSA) is 58.6 Å². The van der Waals surface area contributed by atoms with E-state index in [0.717, 1.165) is 6.54 Å². The van der Waals surface area contributed by atoms with Crippen LogP contribution in [0.25, 0.3) is 0 Å². The molecule has 0 bridgehead atoms. The largest absolute Gasteiger partial charge is 0.494 e. The third-order valence-electron chi connectivity index (χ3n) is 2.58. The maximum Gasteiger partial charge on any atom is 0.244 e. The van der Waals surface area contributed by atoms with Gasteiger partial charge in [-0.1, -0.05) is 23.2 Å². The van der Waals surface area contributed by atoms with Crippen LogP contribution in [0, 0.1) is 0 Å². The number of ether oxygens (including phenoxy) is 1. The lowest BCUT2D eigenvalue weighted by molar-refractivity contribution is 0.397. The fourth-order valence-corrected chi connectivity index (χ4v) is 3.29. The van der Waals surface area contributed by atoms with Gasteiger partial charge in [0.1, 0.15) is 9.92 Å². The molecule has 0 aliphatic heterocycles. The molecule has 0 spiro atoms. The van der Waals surface area contributed by atoms with Gasteiger partial charge < -0.3 is 9.64 Å². The van der Waals surface area contributed by atoms with Gasteiger partial charge in [0.05, 0.1) is 12.1 Å². The van der Waals surface area contributed by atoms with Crippen LogP contribution in [0.4, 0.5) is 0 Å². The highest BCUT2D eigenvalue weighted by Crippen LogP contribution is 2.37. The second-order valence-corrected chi connectivity index (χ2v) is 6.97. The summed E-state index contributed by atoms with van der Waals surface area (Å²) in [5.41, 5.74) is 0. The first kappa shape index (κ1) is 17.5. The Kier molecular flexibility index (Phi) is 6.54. The van der Waals surface area contributed by atoms with Gasteiger partial charge in [0.25, 0.3) is 0 Å². The zero-order chi connectivity index (χ0) is 15.3. The van der Waals surface area contributed by atoms with Gasteiger partial charge in [-0.2, -0.15) is 0 Å². The molecule has 0 aliphatic rings. The summed E-state index contributed by atoms with van der Waals surface area (Å²) in [6, 6.07) is 2.81. The first-order valence-electron chi connectivity index (χ1n) is 5.96. The Morgan fingerprint density at radius 3 is 2.50 bits per heavy atom. The predicted octanol–water partition coefficient (Wildman–Crippen LogP) is 2.23. The number of halogens is 2. The molecule has 0 atom stereocenters. The summed E-state index contributed by atoms with van der Waals surface area (Å²) in [7, 11) is 1.53. The van der Waals surface area contributed by atoms with E-state index in [1.54, 1.807) is 0 Å². The SMILES string of the molecule is COc1c(S(=O)(=O)NCCCN(C)C)ccc(Cl)c1Cl. The number of hydrogen-bond acceptors (Lipinski definition) is 4. The fourth-order valence-electron chi connectivity index (χ4n) is 1.60. The average molecular weight is 341 g/mol. The van der Waals surface area contributed by atoms with Crippen molar-refractivity contribution in [3.63, 3.8) is 0 Å². The minimum absolute atomic E-state index is 0.0146. The first-order valence-corrected chi connectivity index (χ1v) is 8.20. The van der Waals surface area contributed by atoms with Crippen LogP contribution in [-0.2, 0) is 10.0 Å². The third kappa shape index (κ3) is 4.49. The van der Waals surface area contributed by atoms with Crippen LogP contribution in [0.1, 0.15) is 6.42 Å². The van der Waals surface area contributed by atoms with Crippen molar-refractivity contribution >= 4 is 33.2 Å². The molecule has 0 unspecified atom stereocenters. The molecule has 114 valence electrons. The molecule has 0 aliphatic carbocycles. The van der Waals surface area contributed by atoms with Crippen molar-refractivity contribution in [3.8, 4) is 5.75 Å². The molecule has 0 saturated carbocycles. The molecule has 8 heteroatoms. The van der Waals surface area contributed by atoms with Crippen molar-refractivity contribution in [2.45, 2.75) is 11.3 Å². The molecule has 0 heterocycles. The molecule has 20 heavy (non-hydrogen) atoms. The summed E-state index contributed by atoms with van der Waals surface area (Å²) in [4.78, 5) is 1.97. The molecule has 1 rings (SSSR count). The molecule has 5 nitrogen and oxygen atoms in total. The Bertz CT molecular complexity index is 562. The Morgan fingerprint density at radius 2 is 1.95 bits per heavy atom. The van der Waals surface area contributed by atoms with Crippen LogP contribution >= 0.6 is 23.2 Å². The van der Waals surface area contributed by atoms with Gasteiger partial charge in [0.2, 0.25) is 10.0 Å². The lowest BCUT2D eigenvalue weighted by Gasteiger charge is -2.13. The smallest absolute Gasteiger partial charge is 0.244 e. The predicted molar refractivity (Wildman–Crippen MR) is 81.4 cm³/mol. The molecule has 1 aromatic rings. The van der Waals surface area contributed by atoms with E-state index in [-0.39, 0.29) is 20.7 Å². The van der Waals surface area contributed by atoms with E-state index < -0.39 is 10.0 Å². The Hall–Kier alpha value is -0.530. The molecule has 0 fully saturated rings. The maximum absolute atomic E-state index is 12.2. The zero-order valence-corrected chi connectivity index (χ0v) is 13.9. The van der Waals surface area contributed by atoms with Gasteiger partial charge >= 0.3 is 0 Å². The Labute approximate surface area is 129 Å². The van der Waals surface area contributed by atoms with E-state index in [9.17, 15) is 8.42 Å². The molecular weight excluding hydrogens is 323 g/mol. The van der Waals surface area contributed by atoms with Gasteiger partial charge in [-0.25, -0.2) is 13.1 Å². The number of methoxy groups -OCH3 is 1. The molecule has 1 N–H and O–H groups in total. The Morgan fingerprint density at radius 1 is 1.30 bits per heavy atom. The highest BCUT2D eigenvalue weighted by molar-refractivity contribution is 7.89. The molecular formula is C12H18Cl2N2O3S. The van der Waals surface area contributed by atoms with E-state index in [0.29, 0.717) is 13.0 Å². The standard InChI is InChI=1S/C12H18Cl2N2O3S/c1-16(2)8-4-7-15-20(17,18)10-6-5-9(13)11(14)12(10)19-3/h5-6,15H,4,7-8H2,1-3H3. The number of nitrogens with zero attached hydrogens (tertiary/aromatic N) is 1. The highest BCUT2D eigenvalue weighted by atomic mass is 35.5. The third-order valence-corrected chi connectivity index (χ3v) is 4.85. The number of hydrogen-bond donors (Lipinski definition) is 1. The summed E-state index contributed by atoms with van der Waals surface area (Å²) in [5.74, 6) is 0.0549. The Balaban J connectivity index is 2.90. The zero-order valence-electron chi connectivity index (χ0n) is 11.6. The molecule has 1 aromatic carbocycles. The lowest BCUT2D eigenvalue weighted by Crippen LogP contribution is -2.27. The number of benzene rings is 1. The number of sulfonamides is 1. The molecule has 0 aromatic heterocycles. The van der Waals surface area contributed by atoms with Crippen molar-refractivity contribution in [2.24, 2.45) is 0 Å². The second kappa shape index (κ2) is 7.47. The average Bonchev–Trinajstić information content (AvgIpc) is 2.37. The van der Waals surface area contributed by atoms with Crippen LogP contribution < -0.4 is 9.46 Å². The fraction of sp³-hybridized carbons (Fsp3) is 0.500. The number of nitrogens with one attached hydrogen (secondary N) is 1. The quantitative estimate of drug-likeness (QED) is 0.773. The summed E-state index contributed by atoms with van der Waals surface area (Å²) >= 11 is 11.8. The monoisotopic (exact) mass is 340 g/mol. The highest BCUT2D eigenvalue weighted by Gasteiger charge is 2.22. The van der Waals surface area contributed by atoms with Gasteiger partial charge in [-0.05, 0) is 39.2 Å². The molecule has 0 radical (unpaired) electrons. The maximum atomic E-state index is 12.2. The molecule has 0 amide bonds. The summed E-state index contributed by atoms with van der Waals surface area (Å²) < 4.78 is 32.0. The van der Waals surface area contributed by atoms with Crippen LogP contribution in [0.3, 0.4) is 0 Å². The van der Waals surface area contributed by atoms with E-state index >= 15 is 0 Å². The van der Waals surface area contributed by atoms with Crippen molar-refractivity contribution in [1.82, 2.24) is 9.62 Å². The van der Waals surface area contributed by atoms with Gasteiger partial charge in [0.15, 0.2) is 5.75 Å². The number of rotatable bonds is 7.